The molecule has 25 heavy (non-hydrogen) atoms. The number of rotatable bonds is 4. The Morgan fingerprint density at radius 1 is 1.16 bits per heavy atom. The van der Waals surface area contributed by atoms with E-state index >= 15 is 0 Å². The van der Waals surface area contributed by atoms with Gasteiger partial charge >= 0.3 is 0 Å². The molecule has 1 atom stereocenters. The number of hydrogen-bond donors (Lipinski definition) is 2. The topological polar surface area (TPSA) is 67.4 Å². The fourth-order valence-electron chi connectivity index (χ4n) is 3.23. The van der Waals surface area contributed by atoms with E-state index in [9.17, 15) is 9.59 Å². The summed E-state index contributed by atoms with van der Waals surface area (Å²) >= 11 is 0. The van der Waals surface area contributed by atoms with Crippen LogP contribution in [-0.2, 0) is 5.41 Å². The Morgan fingerprint density at radius 2 is 1.88 bits per heavy atom. The van der Waals surface area contributed by atoms with Crippen molar-refractivity contribution in [2.75, 3.05) is 20.2 Å². The Morgan fingerprint density at radius 3 is 2.52 bits per heavy atom. The molecule has 0 fully saturated rings. The minimum absolute atomic E-state index is 0.197. The van der Waals surface area contributed by atoms with Crippen LogP contribution in [0.1, 0.15) is 45.7 Å². The highest BCUT2D eigenvalue weighted by Gasteiger charge is 2.40. The molecule has 2 aromatic carbocycles. The normalized spacial score (nSPS) is 18.2. The second-order valence-electron chi connectivity index (χ2n) is 6.33. The van der Waals surface area contributed by atoms with Crippen LogP contribution in [0.3, 0.4) is 0 Å². The lowest BCUT2D eigenvalue weighted by Crippen LogP contribution is -2.27. The maximum atomic E-state index is 12.4. The van der Waals surface area contributed by atoms with E-state index in [4.69, 9.17) is 4.74 Å². The molecule has 5 heteroatoms. The lowest BCUT2D eigenvalue weighted by atomic mass is 9.77. The first-order valence-electron chi connectivity index (χ1n) is 8.38. The predicted molar refractivity (Wildman–Crippen MR) is 96.2 cm³/mol. The fraction of sp³-hybridized carbons (Fsp3) is 0.300. The number of ether oxygens (including phenoxy) is 1. The fourth-order valence-corrected chi connectivity index (χ4v) is 3.23. The van der Waals surface area contributed by atoms with Gasteiger partial charge in [0.1, 0.15) is 12.4 Å². The molecule has 1 aliphatic heterocycles. The zero-order valence-electron chi connectivity index (χ0n) is 14.7. The molecular weight excluding hydrogens is 316 g/mol. The van der Waals surface area contributed by atoms with Gasteiger partial charge in [-0.25, -0.2) is 0 Å². The minimum atomic E-state index is -0.415. The van der Waals surface area contributed by atoms with Crippen molar-refractivity contribution >= 4 is 11.8 Å². The van der Waals surface area contributed by atoms with Gasteiger partial charge in [0.15, 0.2) is 0 Å². The summed E-state index contributed by atoms with van der Waals surface area (Å²) in [4.78, 5) is 24.7. The molecule has 2 N–H and O–H groups in total. The van der Waals surface area contributed by atoms with Gasteiger partial charge in [-0.15, -0.1) is 0 Å². The Labute approximate surface area is 147 Å². The van der Waals surface area contributed by atoms with Crippen molar-refractivity contribution in [1.29, 1.82) is 0 Å². The third kappa shape index (κ3) is 2.86. The van der Waals surface area contributed by atoms with Gasteiger partial charge in [-0.05, 0) is 31.5 Å². The van der Waals surface area contributed by atoms with Crippen molar-refractivity contribution in [2.45, 2.75) is 19.3 Å². The van der Waals surface area contributed by atoms with Gasteiger partial charge in [-0.1, -0.05) is 30.3 Å². The van der Waals surface area contributed by atoms with Crippen LogP contribution in [0, 0.1) is 0 Å². The molecule has 0 spiro atoms. The molecule has 0 bridgehead atoms. The van der Waals surface area contributed by atoms with Crippen LogP contribution in [-0.4, -0.2) is 32.0 Å². The van der Waals surface area contributed by atoms with E-state index in [2.05, 4.69) is 17.6 Å². The molecule has 3 rings (SSSR count). The zero-order valence-corrected chi connectivity index (χ0v) is 14.7. The predicted octanol–water partition coefficient (Wildman–Crippen LogP) is 2.49. The number of carbonyl (C=O) groups excluding carboxylic acids is 2. The summed E-state index contributed by atoms with van der Waals surface area (Å²) in [5.74, 6) is 0.0937. The molecule has 1 unspecified atom stereocenters. The van der Waals surface area contributed by atoms with Crippen LogP contribution in [0.2, 0.25) is 0 Å². The molecule has 130 valence electrons. The SMILES string of the molecule is CCNC(=O)c1cc(C(=O)NC)c2c(c1)C(C)(c1ccccc1)CO2. The van der Waals surface area contributed by atoms with Crippen LogP contribution >= 0.6 is 0 Å². The smallest absolute Gasteiger partial charge is 0.254 e. The van der Waals surface area contributed by atoms with Crippen LogP contribution in [0.15, 0.2) is 42.5 Å². The largest absolute Gasteiger partial charge is 0.491 e. The Hall–Kier alpha value is -2.82. The lowest BCUT2D eigenvalue weighted by molar-refractivity contribution is 0.0955. The van der Waals surface area contributed by atoms with Gasteiger partial charge in [0.2, 0.25) is 0 Å². The second kappa shape index (κ2) is 6.59. The van der Waals surface area contributed by atoms with Crippen molar-refractivity contribution in [3.63, 3.8) is 0 Å². The maximum absolute atomic E-state index is 12.4. The first-order chi connectivity index (χ1) is 12.0. The van der Waals surface area contributed by atoms with Crippen LogP contribution in [0.5, 0.6) is 5.75 Å². The van der Waals surface area contributed by atoms with Gasteiger partial charge in [0, 0.05) is 24.7 Å². The van der Waals surface area contributed by atoms with Crippen LogP contribution < -0.4 is 15.4 Å². The van der Waals surface area contributed by atoms with Crippen molar-refractivity contribution in [3.8, 4) is 5.75 Å². The molecule has 2 aromatic rings. The van der Waals surface area contributed by atoms with Crippen molar-refractivity contribution < 1.29 is 14.3 Å². The number of benzene rings is 2. The van der Waals surface area contributed by atoms with Crippen molar-refractivity contribution in [1.82, 2.24) is 10.6 Å². The lowest BCUT2D eigenvalue weighted by Gasteiger charge is -2.24. The highest BCUT2D eigenvalue weighted by molar-refractivity contribution is 6.02. The summed E-state index contributed by atoms with van der Waals surface area (Å²) in [7, 11) is 1.57. The molecule has 0 aromatic heterocycles. The Balaban J connectivity index is 2.19. The van der Waals surface area contributed by atoms with E-state index in [1.165, 1.54) is 0 Å². The molecule has 5 nitrogen and oxygen atoms in total. The molecule has 0 aliphatic carbocycles. The van der Waals surface area contributed by atoms with E-state index in [0.29, 0.717) is 30.0 Å². The average Bonchev–Trinajstić information content (AvgIpc) is 2.99. The number of fused-ring (bicyclic) bond motifs is 1. The zero-order chi connectivity index (χ0) is 18.0. The van der Waals surface area contributed by atoms with Gasteiger partial charge in [-0.2, -0.15) is 0 Å². The first-order valence-corrected chi connectivity index (χ1v) is 8.38. The van der Waals surface area contributed by atoms with E-state index < -0.39 is 5.41 Å². The molecule has 1 aliphatic rings. The summed E-state index contributed by atoms with van der Waals surface area (Å²) in [6.45, 7) is 4.89. The monoisotopic (exact) mass is 338 g/mol. The quantitative estimate of drug-likeness (QED) is 0.900. The standard InChI is InChI=1S/C20H22N2O3/c1-4-22-18(23)13-10-15(19(24)21-3)17-16(11-13)20(2,12-25-17)14-8-6-5-7-9-14/h5-11H,4,12H2,1-3H3,(H,21,24)(H,22,23). The molecular formula is C20H22N2O3. The molecule has 2 amide bonds. The van der Waals surface area contributed by atoms with Crippen LogP contribution in [0.4, 0.5) is 0 Å². The first kappa shape index (κ1) is 17.0. The highest BCUT2D eigenvalue weighted by atomic mass is 16.5. The molecule has 1 heterocycles. The molecule has 0 radical (unpaired) electrons. The maximum Gasteiger partial charge on any atom is 0.254 e. The van der Waals surface area contributed by atoms with Gasteiger partial charge in [-0.3, -0.25) is 9.59 Å². The van der Waals surface area contributed by atoms with Gasteiger partial charge in [0.25, 0.3) is 11.8 Å². The van der Waals surface area contributed by atoms with Gasteiger partial charge in [0.05, 0.1) is 11.0 Å². The summed E-state index contributed by atoms with van der Waals surface area (Å²) in [5, 5.41) is 5.42. The van der Waals surface area contributed by atoms with E-state index in [-0.39, 0.29) is 11.8 Å². The highest BCUT2D eigenvalue weighted by Crippen LogP contribution is 2.45. The molecule has 0 saturated heterocycles. The van der Waals surface area contributed by atoms with E-state index in [0.717, 1.165) is 11.1 Å². The third-order valence-corrected chi connectivity index (χ3v) is 4.67. The van der Waals surface area contributed by atoms with Crippen LogP contribution in [0.25, 0.3) is 0 Å². The summed E-state index contributed by atoms with van der Waals surface area (Å²) < 4.78 is 5.92. The van der Waals surface area contributed by atoms with Crippen molar-refractivity contribution in [2.24, 2.45) is 0 Å². The number of amides is 2. The Kier molecular flexibility index (Phi) is 4.49. The van der Waals surface area contributed by atoms with Crippen molar-refractivity contribution in [3.05, 3.63) is 64.7 Å². The summed E-state index contributed by atoms with van der Waals surface area (Å²) in [6.07, 6.45) is 0. The second-order valence-corrected chi connectivity index (χ2v) is 6.33. The van der Waals surface area contributed by atoms with E-state index in [1.807, 2.05) is 43.3 Å². The number of carbonyl (C=O) groups is 2. The summed E-state index contributed by atoms with van der Waals surface area (Å²) in [6, 6.07) is 13.4. The minimum Gasteiger partial charge on any atom is -0.491 e. The van der Waals surface area contributed by atoms with E-state index in [1.54, 1.807) is 13.1 Å². The van der Waals surface area contributed by atoms with Gasteiger partial charge < -0.3 is 15.4 Å². The summed E-state index contributed by atoms with van der Waals surface area (Å²) in [5.41, 5.74) is 2.39. The molecule has 0 saturated carbocycles. The third-order valence-electron chi connectivity index (χ3n) is 4.67. The average molecular weight is 338 g/mol. The number of nitrogens with one attached hydrogen (secondary N) is 2. The Bertz CT molecular complexity index is 817. The number of hydrogen-bond acceptors (Lipinski definition) is 3.